The van der Waals surface area contributed by atoms with Crippen molar-refractivity contribution in [3.63, 3.8) is 0 Å². The number of benzene rings is 1. The van der Waals surface area contributed by atoms with Crippen molar-refractivity contribution in [2.24, 2.45) is 0 Å². The molecule has 2 aromatic rings. The van der Waals surface area contributed by atoms with Crippen molar-refractivity contribution in [3.05, 3.63) is 29.5 Å². The fraction of sp³-hybridized carbons (Fsp3) is 0.250. The Morgan fingerprint density at radius 3 is 2.93 bits per heavy atom. The fourth-order valence-corrected chi connectivity index (χ4v) is 1.77. The first kappa shape index (κ1) is 9.77. The largest absolute Gasteiger partial charge is 0.485 e. The van der Waals surface area contributed by atoms with Crippen LogP contribution in [0.4, 0.5) is 0 Å². The van der Waals surface area contributed by atoms with Crippen molar-refractivity contribution in [3.8, 4) is 5.75 Å². The van der Waals surface area contributed by atoms with E-state index in [-0.39, 0.29) is 6.61 Å². The van der Waals surface area contributed by atoms with E-state index in [1.165, 1.54) is 0 Å². The SMILES string of the molecule is Cc1cc(C)c2occc2c1OCC=O. The molecule has 3 nitrogen and oxygen atoms in total. The molecule has 1 heterocycles. The van der Waals surface area contributed by atoms with Gasteiger partial charge in [0, 0.05) is 0 Å². The summed E-state index contributed by atoms with van der Waals surface area (Å²) in [4.78, 5) is 10.3. The molecule has 0 spiro atoms. The van der Waals surface area contributed by atoms with Gasteiger partial charge in [-0.05, 0) is 37.1 Å². The van der Waals surface area contributed by atoms with Gasteiger partial charge in [0.2, 0.25) is 0 Å². The van der Waals surface area contributed by atoms with Crippen molar-refractivity contribution < 1.29 is 13.9 Å². The second-order valence-electron chi connectivity index (χ2n) is 3.48. The van der Waals surface area contributed by atoms with Crippen molar-refractivity contribution in [2.75, 3.05) is 6.61 Å². The summed E-state index contributed by atoms with van der Waals surface area (Å²) in [6, 6.07) is 3.85. The Morgan fingerprint density at radius 1 is 1.40 bits per heavy atom. The van der Waals surface area contributed by atoms with Gasteiger partial charge in [-0.3, -0.25) is 4.79 Å². The van der Waals surface area contributed by atoms with E-state index in [1.54, 1.807) is 6.26 Å². The van der Waals surface area contributed by atoms with Gasteiger partial charge in [0.15, 0.2) is 6.29 Å². The van der Waals surface area contributed by atoms with Gasteiger partial charge in [0.05, 0.1) is 11.6 Å². The monoisotopic (exact) mass is 204 g/mol. The molecule has 0 amide bonds. The Balaban J connectivity index is 2.60. The smallest absolute Gasteiger partial charge is 0.157 e. The van der Waals surface area contributed by atoms with Gasteiger partial charge in [-0.1, -0.05) is 0 Å². The molecule has 0 saturated heterocycles. The Labute approximate surface area is 87.6 Å². The van der Waals surface area contributed by atoms with Crippen LogP contribution in [0.2, 0.25) is 0 Å². The Morgan fingerprint density at radius 2 is 2.20 bits per heavy atom. The lowest BCUT2D eigenvalue weighted by Crippen LogP contribution is -2.00. The summed E-state index contributed by atoms with van der Waals surface area (Å²) in [6.45, 7) is 4.02. The highest BCUT2D eigenvalue weighted by molar-refractivity contribution is 5.88. The molecule has 0 aliphatic carbocycles. The van der Waals surface area contributed by atoms with Crippen LogP contribution in [-0.4, -0.2) is 12.9 Å². The third kappa shape index (κ3) is 1.61. The zero-order valence-electron chi connectivity index (χ0n) is 8.74. The summed E-state index contributed by atoms with van der Waals surface area (Å²) >= 11 is 0. The van der Waals surface area contributed by atoms with E-state index in [0.29, 0.717) is 0 Å². The average Bonchev–Trinajstić information content (AvgIpc) is 2.66. The molecule has 0 aliphatic heterocycles. The Bertz CT molecular complexity index is 497. The number of carbonyl (C=O) groups is 1. The summed E-state index contributed by atoms with van der Waals surface area (Å²) in [7, 11) is 0. The van der Waals surface area contributed by atoms with Crippen LogP contribution in [0, 0.1) is 13.8 Å². The predicted molar refractivity (Wildman–Crippen MR) is 57.2 cm³/mol. The van der Waals surface area contributed by atoms with E-state index in [9.17, 15) is 4.79 Å². The first-order valence-corrected chi connectivity index (χ1v) is 4.78. The maximum Gasteiger partial charge on any atom is 0.157 e. The summed E-state index contributed by atoms with van der Waals surface area (Å²) in [5.41, 5.74) is 2.91. The maximum atomic E-state index is 10.3. The molecular weight excluding hydrogens is 192 g/mol. The highest BCUT2D eigenvalue weighted by Crippen LogP contribution is 2.32. The van der Waals surface area contributed by atoms with Gasteiger partial charge >= 0.3 is 0 Å². The number of hydrogen-bond donors (Lipinski definition) is 0. The van der Waals surface area contributed by atoms with Gasteiger partial charge in [-0.2, -0.15) is 0 Å². The fourth-order valence-electron chi connectivity index (χ4n) is 1.77. The van der Waals surface area contributed by atoms with Crippen LogP contribution in [0.3, 0.4) is 0 Å². The number of hydrogen-bond acceptors (Lipinski definition) is 3. The minimum Gasteiger partial charge on any atom is -0.485 e. The molecule has 0 bridgehead atoms. The number of fused-ring (bicyclic) bond motifs is 1. The molecule has 3 heteroatoms. The second kappa shape index (κ2) is 3.77. The molecule has 1 aromatic carbocycles. The standard InChI is InChI=1S/C12H12O3/c1-8-7-9(2)12(15-6-4-13)10-3-5-14-11(8)10/h3-5,7H,6H2,1-2H3. The topological polar surface area (TPSA) is 39.4 Å². The highest BCUT2D eigenvalue weighted by Gasteiger charge is 2.10. The maximum absolute atomic E-state index is 10.3. The van der Waals surface area contributed by atoms with Crippen molar-refractivity contribution >= 4 is 17.3 Å². The predicted octanol–water partition coefficient (Wildman–Crippen LogP) is 2.63. The van der Waals surface area contributed by atoms with Gasteiger partial charge in [0.25, 0.3) is 0 Å². The van der Waals surface area contributed by atoms with Crippen LogP contribution < -0.4 is 4.74 Å². The third-order valence-electron chi connectivity index (χ3n) is 2.35. The zero-order valence-corrected chi connectivity index (χ0v) is 8.74. The number of aldehydes is 1. The van der Waals surface area contributed by atoms with Crippen LogP contribution in [0.15, 0.2) is 22.8 Å². The van der Waals surface area contributed by atoms with Crippen LogP contribution in [0.1, 0.15) is 11.1 Å². The number of ether oxygens (including phenoxy) is 1. The molecular formula is C12H12O3. The van der Waals surface area contributed by atoms with Crippen LogP contribution in [0.25, 0.3) is 11.0 Å². The van der Waals surface area contributed by atoms with Crippen LogP contribution in [0.5, 0.6) is 5.75 Å². The van der Waals surface area contributed by atoms with E-state index in [1.807, 2.05) is 26.0 Å². The average molecular weight is 204 g/mol. The van der Waals surface area contributed by atoms with Crippen LogP contribution >= 0.6 is 0 Å². The first-order chi connectivity index (χ1) is 7.24. The molecule has 0 N–H and O–H groups in total. The summed E-state index contributed by atoms with van der Waals surface area (Å²) in [5, 5.41) is 0.925. The molecule has 1 aromatic heterocycles. The second-order valence-corrected chi connectivity index (χ2v) is 3.48. The quantitative estimate of drug-likeness (QED) is 0.721. The lowest BCUT2D eigenvalue weighted by molar-refractivity contribution is -0.109. The summed E-state index contributed by atoms with van der Waals surface area (Å²) in [5.74, 6) is 0.733. The molecule has 0 radical (unpaired) electrons. The molecule has 2 rings (SSSR count). The van der Waals surface area contributed by atoms with Gasteiger partial charge in [-0.15, -0.1) is 0 Å². The van der Waals surface area contributed by atoms with Gasteiger partial charge in [0.1, 0.15) is 17.9 Å². The van der Waals surface area contributed by atoms with Crippen molar-refractivity contribution in [1.82, 2.24) is 0 Å². The normalized spacial score (nSPS) is 10.5. The third-order valence-corrected chi connectivity index (χ3v) is 2.35. The van der Waals surface area contributed by atoms with Gasteiger partial charge in [-0.25, -0.2) is 0 Å². The molecule has 0 saturated carbocycles. The minimum absolute atomic E-state index is 0.0736. The lowest BCUT2D eigenvalue weighted by atomic mass is 10.1. The number of carbonyl (C=O) groups excluding carboxylic acids is 1. The molecule has 0 unspecified atom stereocenters. The Kier molecular flexibility index (Phi) is 2.46. The Hall–Kier alpha value is -1.77. The van der Waals surface area contributed by atoms with E-state index in [4.69, 9.17) is 9.15 Å². The summed E-state index contributed by atoms with van der Waals surface area (Å²) < 4.78 is 10.7. The van der Waals surface area contributed by atoms with Crippen molar-refractivity contribution in [2.45, 2.75) is 13.8 Å². The number of rotatable bonds is 3. The number of aryl methyl sites for hydroxylation is 2. The van der Waals surface area contributed by atoms with Crippen LogP contribution in [-0.2, 0) is 4.79 Å². The van der Waals surface area contributed by atoms with E-state index < -0.39 is 0 Å². The summed E-state index contributed by atoms with van der Waals surface area (Å²) in [6.07, 6.45) is 2.37. The zero-order chi connectivity index (χ0) is 10.8. The van der Waals surface area contributed by atoms with Gasteiger partial charge < -0.3 is 9.15 Å². The van der Waals surface area contributed by atoms with Crippen molar-refractivity contribution in [1.29, 1.82) is 0 Å². The van der Waals surface area contributed by atoms with E-state index in [2.05, 4.69) is 0 Å². The molecule has 78 valence electrons. The minimum atomic E-state index is 0.0736. The highest BCUT2D eigenvalue weighted by atomic mass is 16.5. The molecule has 15 heavy (non-hydrogen) atoms. The first-order valence-electron chi connectivity index (χ1n) is 4.78. The molecule has 0 fully saturated rings. The molecule has 0 aliphatic rings. The lowest BCUT2D eigenvalue weighted by Gasteiger charge is -2.08. The van der Waals surface area contributed by atoms with E-state index >= 15 is 0 Å². The number of furan rings is 1. The van der Waals surface area contributed by atoms with E-state index in [0.717, 1.165) is 34.1 Å². The molecule has 0 atom stereocenters.